The molecule has 1 aromatic carbocycles. The van der Waals surface area contributed by atoms with Crippen molar-refractivity contribution in [1.29, 1.82) is 5.26 Å². The van der Waals surface area contributed by atoms with Crippen LogP contribution in [0.15, 0.2) is 18.2 Å². The fourth-order valence-corrected chi connectivity index (χ4v) is 3.78. The van der Waals surface area contributed by atoms with Crippen LogP contribution in [0.3, 0.4) is 0 Å². The Bertz CT molecular complexity index is 817. The number of nitrogens with zero attached hydrogens (tertiary/aromatic N) is 2. The molecule has 8 heteroatoms. The van der Waals surface area contributed by atoms with Gasteiger partial charge in [-0.15, -0.1) is 0 Å². The maximum atomic E-state index is 12.9. The SMILES string of the molecule is COC(=O)N1CCCC(C(=O)NC2c3cc(C#N)ccc3OC(C)(C)C2O)C1. The molecule has 2 N–H and O–H groups in total. The van der Waals surface area contributed by atoms with Gasteiger partial charge in [0.05, 0.1) is 30.7 Å². The predicted molar refractivity (Wildman–Crippen MR) is 99.5 cm³/mol. The molecule has 1 aromatic rings. The van der Waals surface area contributed by atoms with Gasteiger partial charge in [0.15, 0.2) is 0 Å². The van der Waals surface area contributed by atoms with Gasteiger partial charge in [-0.3, -0.25) is 4.79 Å². The molecule has 3 unspecified atom stereocenters. The van der Waals surface area contributed by atoms with Crippen LogP contribution in [-0.2, 0) is 9.53 Å². The zero-order chi connectivity index (χ0) is 20.5. The number of ether oxygens (including phenoxy) is 2. The number of likely N-dealkylation sites (tertiary alicyclic amines) is 1. The van der Waals surface area contributed by atoms with E-state index in [9.17, 15) is 20.0 Å². The molecule has 1 saturated heterocycles. The third-order valence-electron chi connectivity index (χ3n) is 5.40. The molecule has 0 bridgehead atoms. The van der Waals surface area contributed by atoms with E-state index >= 15 is 0 Å². The molecule has 150 valence electrons. The van der Waals surface area contributed by atoms with E-state index in [2.05, 4.69) is 11.4 Å². The summed E-state index contributed by atoms with van der Waals surface area (Å²) in [6, 6.07) is 6.30. The van der Waals surface area contributed by atoms with Gasteiger partial charge in [-0.05, 0) is 44.9 Å². The molecule has 3 rings (SSSR count). The highest BCUT2D eigenvalue weighted by molar-refractivity contribution is 5.80. The van der Waals surface area contributed by atoms with Crippen molar-refractivity contribution in [1.82, 2.24) is 10.2 Å². The number of carbonyl (C=O) groups excluding carboxylic acids is 2. The van der Waals surface area contributed by atoms with Gasteiger partial charge in [0, 0.05) is 18.7 Å². The summed E-state index contributed by atoms with van der Waals surface area (Å²) < 4.78 is 10.6. The number of amides is 2. The van der Waals surface area contributed by atoms with Gasteiger partial charge in [-0.1, -0.05) is 0 Å². The van der Waals surface area contributed by atoms with Gasteiger partial charge in [-0.2, -0.15) is 5.26 Å². The van der Waals surface area contributed by atoms with E-state index < -0.39 is 29.8 Å². The number of carbonyl (C=O) groups is 2. The molecule has 2 amide bonds. The Labute approximate surface area is 164 Å². The van der Waals surface area contributed by atoms with Gasteiger partial charge in [-0.25, -0.2) is 4.79 Å². The summed E-state index contributed by atoms with van der Waals surface area (Å²) in [6.07, 6.45) is -0.107. The summed E-state index contributed by atoms with van der Waals surface area (Å²) >= 11 is 0. The van der Waals surface area contributed by atoms with Crippen molar-refractivity contribution in [2.45, 2.75) is 44.4 Å². The number of hydrogen-bond donors (Lipinski definition) is 2. The summed E-state index contributed by atoms with van der Waals surface area (Å²) in [5, 5.41) is 22.9. The number of aliphatic hydroxyl groups is 1. The van der Waals surface area contributed by atoms with E-state index in [0.29, 0.717) is 36.3 Å². The largest absolute Gasteiger partial charge is 0.485 e. The van der Waals surface area contributed by atoms with Crippen molar-refractivity contribution >= 4 is 12.0 Å². The van der Waals surface area contributed by atoms with E-state index in [1.165, 1.54) is 12.0 Å². The zero-order valence-electron chi connectivity index (χ0n) is 16.3. The van der Waals surface area contributed by atoms with Crippen LogP contribution >= 0.6 is 0 Å². The summed E-state index contributed by atoms with van der Waals surface area (Å²) in [6.45, 7) is 4.32. The topological polar surface area (TPSA) is 112 Å². The van der Waals surface area contributed by atoms with Crippen LogP contribution in [-0.4, -0.2) is 53.9 Å². The number of aliphatic hydroxyl groups excluding tert-OH is 1. The standard InChI is InChI=1S/C20H25N3O5/c1-20(2)17(24)16(14-9-12(10-21)6-7-15(14)28-20)22-18(25)13-5-4-8-23(11-13)19(26)27-3/h6-7,9,13,16-17,24H,4-5,8,11H2,1-3H3,(H,22,25). The molecule has 0 aromatic heterocycles. The Morgan fingerprint density at radius 2 is 2.18 bits per heavy atom. The number of piperidine rings is 1. The van der Waals surface area contributed by atoms with Gasteiger partial charge < -0.3 is 24.8 Å². The third-order valence-corrected chi connectivity index (χ3v) is 5.40. The first-order valence-corrected chi connectivity index (χ1v) is 9.31. The second kappa shape index (κ2) is 7.68. The number of fused-ring (bicyclic) bond motifs is 1. The lowest BCUT2D eigenvalue weighted by Crippen LogP contribution is -2.55. The first-order valence-electron chi connectivity index (χ1n) is 9.31. The Kier molecular flexibility index (Phi) is 5.47. The number of hydrogen-bond acceptors (Lipinski definition) is 6. The molecule has 3 atom stereocenters. The number of rotatable bonds is 2. The summed E-state index contributed by atoms with van der Waals surface area (Å²) in [7, 11) is 1.32. The Morgan fingerprint density at radius 3 is 2.86 bits per heavy atom. The highest BCUT2D eigenvalue weighted by Crippen LogP contribution is 2.40. The van der Waals surface area contributed by atoms with Crippen molar-refractivity contribution in [3.05, 3.63) is 29.3 Å². The van der Waals surface area contributed by atoms with Crippen LogP contribution < -0.4 is 10.1 Å². The second-order valence-corrected chi connectivity index (χ2v) is 7.76. The van der Waals surface area contributed by atoms with E-state index in [0.717, 1.165) is 0 Å². The molecular formula is C20H25N3O5. The maximum absolute atomic E-state index is 12.9. The van der Waals surface area contributed by atoms with Crippen molar-refractivity contribution in [2.75, 3.05) is 20.2 Å². The molecule has 28 heavy (non-hydrogen) atoms. The van der Waals surface area contributed by atoms with Crippen LogP contribution in [0.25, 0.3) is 0 Å². The van der Waals surface area contributed by atoms with Crippen molar-refractivity contribution in [3.63, 3.8) is 0 Å². The fraction of sp³-hybridized carbons (Fsp3) is 0.550. The first-order chi connectivity index (χ1) is 13.3. The number of methoxy groups -OCH3 is 1. The zero-order valence-corrected chi connectivity index (χ0v) is 16.3. The number of nitriles is 1. The molecule has 0 radical (unpaired) electrons. The minimum atomic E-state index is -1.00. The Balaban J connectivity index is 1.83. The number of nitrogens with one attached hydrogen (secondary N) is 1. The summed E-state index contributed by atoms with van der Waals surface area (Å²) in [5.41, 5.74) is 0.0758. The Morgan fingerprint density at radius 1 is 1.43 bits per heavy atom. The molecular weight excluding hydrogens is 362 g/mol. The lowest BCUT2D eigenvalue weighted by atomic mass is 9.85. The smallest absolute Gasteiger partial charge is 0.409 e. The van der Waals surface area contributed by atoms with E-state index in [1.54, 1.807) is 32.0 Å². The molecule has 2 heterocycles. The first kappa shape index (κ1) is 20.0. The lowest BCUT2D eigenvalue weighted by Gasteiger charge is -2.43. The van der Waals surface area contributed by atoms with Crippen LogP contribution in [0, 0.1) is 17.2 Å². The van der Waals surface area contributed by atoms with Gasteiger partial charge in [0.1, 0.15) is 17.5 Å². The molecule has 2 aliphatic rings. The van der Waals surface area contributed by atoms with E-state index in [4.69, 9.17) is 9.47 Å². The third kappa shape index (κ3) is 3.76. The molecule has 8 nitrogen and oxygen atoms in total. The quantitative estimate of drug-likeness (QED) is 0.799. The molecule has 1 fully saturated rings. The van der Waals surface area contributed by atoms with Gasteiger partial charge in [0.25, 0.3) is 0 Å². The van der Waals surface area contributed by atoms with Gasteiger partial charge >= 0.3 is 6.09 Å². The second-order valence-electron chi connectivity index (χ2n) is 7.76. The lowest BCUT2D eigenvalue weighted by molar-refractivity contribution is -0.130. The molecule has 2 aliphatic heterocycles. The summed E-state index contributed by atoms with van der Waals surface area (Å²) in [4.78, 5) is 26.2. The highest BCUT2D eigenvalue weighted by atomic mass is 16.5. The highest BCUT2D eigenvalue weighted by Gasteiger charge is 2.44. The van der Waals surface area contributed by atoms with Crippen molar-refractivity contribution in [3.8, 4) is 11.8 Å². The molecule has 0 aliphatic carbocycles. The normalized spacial score (nSPS) is 25.7. The van der Waals surface area contributed by atoms with Crippen LogP contribution in [0.4, 0.5) is 4.79 Å². The van der Waals surface area contributed by atoms with Crippen LogP contribution in [0.5, 0.6) is 5.75 Å². The van der Waals surface area contributed by atoms with Crippen LogP contribution in [0.2, 0.25) is 0 Å². The van der Waals surface area contributed by atoms with Crippen LogP contribution in [0.1, 0.15) is 43.9 Å². The monoisotopic (exact) mass is 387 g/mol. The average molecular weight is 387 g/mol. The Hall–Kier alpha value is -2.79. The minimum Gasteiger partial charge on any atom is -0.485 e. The van der Waals surface area contributed by atoms with Gasteiger partial charge in [0.2, 0.25) is 5.91 Å². The van der Waals surface area contributed by atoms with E-state index in [-0.39, 0.29) is 12.5 Å². The minimum absolute atomic E-state index is 0.247. The average Bonchev–Trinajstić information content (AvgIpc) is 2.70. The maximum Gasteiger partial charge on any atom is 0.409 e. The van der Waals surface area contributed by atoms with E-state index in [1.807, 2.05) is 0 Å². The number of benzene rings is 1. The predicted octanol–water partition coefficient (Wildman–Crippen LogP) is 1.73. The fourth-order valence-electron chi connectivity index (χ4n) is 3.78. The molecule has 0 spiro atoms. The van der Waals surface area contributed by atoms with Crippen molar-refractivity contribution in [2.24, 2.45) is 5.92 Å². The molecule has 0 saturated carbocycles. The van der Waals surface area contributed by atoms with Crippen molar-refractivity contribution < 1.29 is 24.2 Å². The summed E-state index contributed by atoms with van der Waals surface area (Å²) in [5.74, 6) is -0.114.